The van der Waals surface area contributed by atoms with Gasteiger partial charge < -0.3 is 9.47 Å². The highest BCUT2D eigenvalue weighted by Gasteiger charge is 2.22. The minimum absolute atomic E-state index is 0.289. The van der Waals surface area contributed by atoms with Gasteiger partial charge in [0.1, 0.15) is 11.3 Å². The summed E-state index contributed by atoms with van der Waals surface area (Å²) in [6.07, 6.45) is 2.05. The maximum Gasteiger partial charge on any atom is 0.342 e. The molecule has 1 aromatic rings. The summed E-state index contributed by atoms with van der Waals surface area (Å²) in [4.78, 5) is 12.2. The summed E-state index contributed by atoms with van der Waals surface area (Å²) in [5.41, 5.74) is 4.89. The Labute approximate surface area is 122 Å². The number of rotatable bonds is 6. The molecule has 112 valence electrons. The van der Waals surface area contributed by atoms with Crippen molar-refractivity contribution in [2.45, 2.75) is 54.4 Å². The van der Waals surface area contributed by atoms with Crippen LogP contribution in [0.3, 0.4) is 0 Å². The molecular weight excluding hydrogens is 252 g/mol. The van der Waals surface area contributed by atoms with Gasteiger partial charge in [-0.15, -0.1) is 0 Å². The fraction of sp³-hybridized carbons (Fsp3) is 0.588. The maximum atomic E-state index is 12.2. The second-order valence-electron chi connectivity index (χ2n) is 5.13. The lowest BCUT2D eigenvalue weighted by Gasteiger charge is -2.20. The van der Waals surface area contributed by atoms with E-state index in [1.165, 1.54) is 5.56 Å². The van der Waals surface area contributed by atoms with Gasteiger partial charge in [-0.05, 0) is 63.3 Å². The van der Waals surface area contributed by atoms with Crippen LogP contribution in [0.15, 0.2) is 0 Å². The molecule has 0 bridgehead atoms. The molecule has 0 spiro atoms. The van der Waals surface area contributed by atoms with Gasteiger partial charge in [-0.25, -0.2) is 4.79 Å². The summed E-state index contributed by atoms with van der Waals surface area (Å²) in [7, 11) is 0. The number of unbranched alkanes of at least 4 members (excludes halogenated alkanes) is 1. The molecule has 0 aliphatic heterocycles. The van der Waals surface area contributed by atoms with Crippen LogP contribution in [0.25, 0.3) is 0 Å². The minimum Gasteiger partial charge on any atom is -0.492 e. The van der Waals surface area contributed by atoms with Gasteiger partial charge in [0, 0.05) is 0 Å². The molecule has 1 rings (SSSR count). The van der Waals surface area contributed by atoms with Crippen LogP contribution in [-0.4, -0.2) is 19.2 Å². The zero-order valence-electron chi connectivity index (χ0n) is 13.6. The average molecular weight is 278 g/mol. The van der Waals surface area contributed by atoms with Gasteiger partial charge >= 0.3 is 5.97 Å². The van der Waals surface area contributed by atoms with Crippen LogP contribution in [0.4, 0.5) is 0 Å². The smallest absolute Gasteiger partial charge is 0.342 e. The molecule has 0 unspecified atom stereocenters. The van der Waals surface area contributed by atoms with Crippen molar-refractivity contribution in [3.05, 3.63) is 27.8 Å². The standard InChI is InChI=1S/C17H26O3/c1-7-9-10-20-16-14(6)12(4)11(3)13(5)15(16)17(18)19-8-2/h7-10H2,1-6H3. The summed E-state index contributed by atoms with van der Waals surface area (Å²) in [5, 5.41) is 0. The lowest BCUT2D eigenvalue weighted by molar-refractivity contribution is 0.0520. The Balaban J connectivity index is 3.32. The van der Waals surface area contributed by atoms with E-state index in [9.17, 15) is 4.79 Å². The van der Waals surface area contributed by atoms with Gasteiger partial charge in [-0.3, -0.25) is 0 Å². The van der Waals surface area contributed by atoms with Gasteiger partial charge in [0.05, 0.1) is 13.2 Å². The molecule has 3 nitrogen and oxygen atoms in total. The van der Waals surface area contributed by atoms with Crippen molar-refractivity contribution >= 4 is 5.97 Å². The molecule has 0 aromatic heterocycles. The predicted molar refractivity (Wildman–Crippen MR) is 81.7 cm³/mol. The first-order valence-electron chi connectivity index (χ1n) is 7.35. The fourth-order valence-electron chi connectivity index (χ4n) is 2.23. The van der Waals surface area contributed by atoms with Gasteiger partial charge in [0.2, 0.25) is 0 Å². The van der Waals surface area contributed by atoms with E-state index in [4.69, 9.17) is 9.47 Å². The molecule has 0 heterocycles. The van der Waals surface area contributed by atoms with Crippen LogP contribution < -0.4 is 4.74 Å². The van der Waals surface area contributed by atoms with Crippen LogP contribution in [0.1, 0.15) is 59.3 Å². The van der Waals surface area contributed by atoms with Crippen molar-refractivity contribution in [2.75, 3.05) is 13.2 Å². The van der Waals surface area contributed by atoms with Crippen LogP contribution in [0.5, 0.6) is 5.75 Å². The highest BCUT2D eigenvalue weighted by molar-refractivity contribution is 5.95. The third-order valence-electron chi connectivity index (χ3n) is 3.85. The third kappa shape index (κ3) is 3.33. The Kier molecular flexibility index (Phi) is 6.05. The number of carbonyl (C=O) groups excluding carboxylic acids is 1. The van der Waals surface area contributed by atoms with Gasteiger partial charge in [0.25, 0.3) is 0 Å². The van der Waals surface area contributed by atoms with Crippen molar-refractivity contribution in [1.82, 2.24) is 0 Å². The van der Waals surface area contributed by atoms with E-state index in [-0.39, 0.29) is 5.97 Å². The lowest BCUT2D eigenvalue weighted by Crippen LogP contribution is -2.13. The summed E-state index contributed by atoms with van der Waals surface area (Å²) in [5.74, 6) is 0.403. The molecule has 20 heavy (non-hydrogen) atoms. The zero-order chi connectivity index (χ0) is 15.3. The molecule has 0 saturated heterocycles. The first-order valence-corrected chi connectivity index (χ1v) is 7.35. The first kappa shape index (κ1) is 16.5. The average Bonchev–Trinajstić information content (AvgIpc) is 2.42. The molecule has 1 aromatic carbocycles. The van der Waals surface area contributed by atoms with Crippen molar-refractivity contribution in [3.63, 3.8) is 0 Å². The number of hydrogen-bond donors (Lipinski definition) is 0. The van der Waals surface area contributed by atoms with Crippen molar-refractivity contribution in [3.8, 4) is 5.75 Å². The Morgan fingerprint density at radius 1 is 0.950 bits per heavy atom. The summed E-state index contributed by atoms with van der Waals surface area (Å²) < 4.78 is 11.1. The van der Waals surface area contributed by atoms with E-state index in [1.54, 1.807) is 0 Å². The van der Waals surface area contributed by atoms with Gasteiger partial charge in [0.15, 0.2) is 0 Å². The molecular formula is C17H26O3. The first-order chi connectivity index (χ1) is 9.45. The van der Waals surface area contributed by atoms with E-state index in [2.05, 4.69) is 13.8 Å². The second kappa shape index (κ2) is 7.32. The van der Waals surface area contributed by atoms with E-state index in [0.717, 1.165) is 29.5 Å². The molecule has 0 radical (unpaired) electrons. The number of esters is 1. The fourth-order valence-corrected chi connectivity index (χ4v) is 2.23. The van der Waals surface area contributed by atoms with Crippen molar-refractivity contribution in [1.29, 1.82) is 0 Å². The Morgan fingerprint density at radius 3 is 2.10 bits per heavy atom. The highest BCUT2D eigenvalue weighted by atomic mass is 16.5. The molecule has 0 atom stereocenters. The van der Waals surface area contributed by atoms with Crippen LogP contribution >= 0.6 is 0 Å². The Hall–Kier alpha value is -1.51. The molecule has 0 amide bonds. The quantitative estimate of drug-likeness (QED) is 0.575. The highest BCUT2D eigenvalue weighted by Crippen LogP contribution is 2.33. The Morgan fingerprint density at radius 2 is 1.55 bits per heavy atom. The topological polar surface area (TPSA) is 35.5 Å². The van der Waals surface area contributed by atoms with Crippen molar-refractivity contribution in [2.24, 2.45) is 0 Å². The van der Waals surface area contributed by atoms with Crippen LogP contribution in [0.2, 0.25) is 0 Å². The number of carbonyl (C=O) groups is 1. The molecule has 0 saturated carbocycles. The lowest BCUT2D eigenvalue weighted by atomic mass is 9.93. The summed E-state index contributed by atoms with van der Waals surface area (Å²) in [6, 6.07) is 0. The molecule has 0 N–H and O–H groups in total. The zero-order valence-corrected chi connectivity index (χ0v) is 13.6. The largest absolute Gasteiger partial charge is 0.492 e. The van der Waals surface area contributed by atoms with E-state index < -0.39 is 0 Å². The number of ether oxygens (including phenoxy) is 2. The molecule has 0 aliphatic rings. The molecule has 3 heteroatoms. The normalized spacial score (nSPS) is 10.5. The number of hydrogen-bond acceptors (Lipinski definition) is 3. The third-order valence-corrected chi connectivity index (χ3v) is 3.85. The van der Waals surface area contributed by atoms with Crippen LogP contribution in [-0.2, 0) is 4.74 Å². The SMILES string of the molecule is CCCCOc1c(C)c(C)c(C)c(C)c1C(=O)OCC. The number of benzene rings is 1. The summed E-state index contributed by atoms with van der Waals surface area (Å²) in [6.45, 7) is 13.0. The molecule has 0 fully saturated rings. The van der Waals surface area contributed by atoms with E-state index in [1.807, 2.05) is 27.7 Å². The maximum absolute atomic E-state index is 12.2. The van der Waals surface area contributed by atoms with E-state index in [0.29, 0.717) is 24.5 Å². The summed E-state index contributed by atoms with van der Waals surface area (Å²) >= 11 is 0. The Bertz CT molecular complexity index is 490. The van der Waals surface area contributed by atoms with Crippen LogP contribution in [0, 0.1) is 27.7 Å². The predicted octanol–water partition coefficient (Wildman–Crippen LogP) is 4.28. The van der Waals surface area contributed by atoms with Crippen molar-refractivity contribution < 1.29 is 14.3 Å². The van der Waals surface area contributed by atoms with Gasteiger partial charge in [-0.1, -0.05) is 13.3 Å². The second-order valence-corrected chi connectivity index (χ2v) is 5.13. The van der Waals surface area contributed by atoms with Gasteiger partial charge in [-0.2, -0.15) is 0 Å². The van der Waals surface area contributed by atoms with E-state index >= 15 is 0 Å². The monoisotopic (exact) mass is 278 g/mol. The molecule has 0 aliphatic carbocycles. The minimum atomic E-state index is -0.289.